The van der Waals surface area contributed by atoms with Crippen molar-refractivity contribution in [2.75, 3.05) is 20.2 Å². The number of carbonyl (C=O) groups excluding carboxylic acids is 1. The van der Waals surface area contributed by atoms with E-state index >= 15 is 0 Å². The molecule has 1 aliphatic rings. The van der Waals surface area contributed by atoms with Crippen LogP contribution in [0.4, 0.5) is 0 Å². The Morgan fingerprint density at radius 3 is 2.69 bits per heavy atom. The standard InChI is InChI=1S/C9H14N2O2/c1-13-9(12)8(6-10)7-2-4-11-5-3-7/h7-8,11H,2-5H2,1H3. The van der Waals surface area contributed by atoms with Crippen LogP contribution in [0.3, 0.4) is 0 Å². The first kappa shape index (κ1) is 10.0. The van der Waals surface area contributed by atoms with Gasteiger partial charge in [0.15, 0.2) is 0 Å². The SMILES string of the molecule is COC(=O)C(C#N)C1CCNCC1. The first-order valence-corrected chi connectivity index (χ1v) is 4.47. The summed E-state index contributed by atoms with van der Waals surface area (Å²) in [6.07, 6.45) is 1.76. The summed E-state index contributed by atoms with van der Waals surface area (Å²) >= 11 is 0. The Morgan fingerprint density at radius 2 is 2.23 bits per heavy atom. The van der Waals surface area contributed by atoms with E-state index in [0.717, 1.165) is 25.9 Å². The molecule has 1 N–H and O–H groups in total. The molecule has 1 atom stereocenters. The molecule has 0 bridgehead atoms. The van der Waals surface area contributed by atoms with Gasteiger partial charge in [-0.05, 0) is 31.8 Å². The Hall–Kier alpha value is -1.08. The molecule has 13 heavy (non-hydrogen) atoms. The van der Waals surface area contributed by atoms with Gasteiger partial charge in [-0.25, -0.2) is 0 Å². The molecule has 0 amide bonds. The normalized spacial score (nSPS) is 20.3. The fourth-order valence-electron chi connectivity index (χ4n) is 1.66. The molecule has 4 heteroatoms. The van der Waals surface area contributed by atoms with E-state index in [0.29, 0.717) is 0 Å². The number of hydrogen-bond acceptors (Lipinski definition) is 4. The van der Waals surface area contributed by atoms with Crippen molar-refractivity contribution in [2.24, 2.45) is 11.8 Å². The molecule has 1 heterocycles. The molecule has 0 spiro atoms. The summed E-state index contributed by atoms with van der Waals surface area (Å²) in [5.74, 6) is -0.805. The Bertz CT molecular complexity index is 216. The number of hydrogen-bond donors (Lipinski definition) is 1. The van der Waals surface area contributed by atoms with Crippen LogP contribution >= 0.6 is 0 Å². The molecule has 0 aromatic heterocycles. The summed E-state index contributed by atoms with van der Waals surface area (Å²) in [5, 5.41) is 12.0. The number of piperidine rings is 1. The Labute approximate surface area is 77.9 Å². The first-order valence-electron chi connectivity index (χ1n) is 4.47. The number of esters is 1. The zero-order valence-electron chi connectivity index (χ0n) is 7.75. The molecule has 1 unspecified atom stereocenters. The van der Waals surface area contributed by atoms with Gasteiger partial charge in [-0.3, -0.25) is 4.79 Å². The van der Waals surface area contributed by atoms with Crippen LogP contribution in [0.5, 0.6) is 0 Å². The van der Waals surface area contributed by atoms with E-state index in [4.69, 9.17) is 5.26 Å². The van der Waals surface area contributed by atoms with E-state index in [1.807, 2.05) is 6.07 Å². The largest absolute Gasteiger partial charge is 0.468 e. The summed E-state index contributed by atoms with van der Waals surface area (Å²) < 4.78 is 4.57. The van der Waals surface area contributed by atoms with Crippen molar-refractivity contribution in [2.45, 2.75) is 12.8 Å². The number of nitrogens with zero attached hydrogens (tertiary/aromatic N) is 1. The monoisotopic (exact) mass is 182 g/mol. The number of nitrogens with one attached hydrogen (secondary N) is 1. The van der Waals surface area contributed by atoms with E-state index in [-0.39, 0.29) is 5.92 Å². The lowest BCUT2D eigenvalue weighted by atomic mass is 9.86. The molecule has 0 radical (unpaired) electrons. The molecule has 1 saturated heterocycles. The Balaban J connectivity index is 2.55. The zero-order chi connectivity index (χ0) is 9.68. The van der Waals surface area contributed by atoms with Crippen molar-refractivity contribution in [1.29, 1.82) is 5.26 Å². The molecular formula is C9H14N2O2. The topological polar surface area (TPSA) is 62.1 Å². The second kappa shape index (κ2) is 4.83. The molecule has 0 aromatic carbocycles. The minimum absolute atomic E-state index is 0.165. The van der Waals surface area contributed by atoms with Gasteiger partial charge in [-0.15, -0.1) is 0 Å². The molecule has 72 valence electrons. The molecule has 4 nitrogen and oxygen atoms in total. The predicted octanol–water partition coefficient (Wildman–Crippen LogP) is 0.299. The summed E-state index contributed by atoms with van der Waals surface area (Å²) in [6, 6.07) is 2.02. The van der Waals surface area contributed by atoms with Crippen molar-refractivity contribution < 1.29 is 9.53 Å². The summed E-state index contributed by atoms with van der Waals surface area (Å²) in [6.45, 7) is 1.78. The zero-order valence-corrected chi connectivity index (χ0v) is 7.75. The van der Waals surface area contributed by atoms with Crippen LogP contribution in [0.25, 0.3) is 0 Å². The highest BCUT2D eigenvalue weighted by atomic mass is 16.5. The molecule has 0 aromatic rings. The highest BCUT2D eigenvalue weighted by molar-refractivity contribution is 5.75. The van der Waals surface area contributed by atoms with E-state index in [9.17, 15) is 4.79 Å². The number of carbonyl (C=O) groups is 1. The highest BCUT2D eigenvalue weighted by Gasteiger charge is 2.29. The third-order valence-electron chi connectivity index (χ3n) is 2.45. The van der Waals surface area contributed by atoms with Crippen molar-refractivity contribution in [3.63, 3.8) is 0 Å². The number of rotatable bonds is 2. The predicted molar refractivity (Wildman–Crippen MR) is 46.7 cm³/mol. The lowest BCUT2D eigenvalue weighted by Crippen LogP contribution is -2.34. The minimum Gasteiger partial charge on any atom is -0.468 e. The van der Waals surface area contributed by atoms with Crippen molar-refractivity contribution in [3.8, 4) is 6.07 Å². The van der Waals surface area contributed by atoms with E-state index in [1.165, 1.54) is 7.11 Å². The second-order valence-corrected chi connectivity index (χ2v) is 3.22. The maximum atomic E-state index is 11.2. The van der Waals surface area contributed by atoms with Gasteiger partial charge in [0.05, 0.1) is 13.2 Å². The molecule has 0 aliphatic carbocycles. The summed E-state index contributed by atoms with van der Waals surface area (Å²) in [4.78, 5) is 11.2. The van der Waals surface area contributed by atoms with Gasteiger partial charge >= 0.3 is 5.97 Å². The van der Waals surface area contributed by atoms with Gasteiger partial charge in [0, 0.05) is 0 Å². The maximum Gasteiger partial charge on any atom is 0.323 e. The molecule has 1 fully saturated rings. The van der Waals surface area contributed by atoms with Gasteiger partial charge in [-0.1, -0.05) is 0 Å². The molecule has 1 aliphatic heterocycles. The van der Waals surface area contributed by atoms with Gasteiger partial charge in [0.2, 0.25) is 0 Å². The van der Waals surface area contributed by atoms with Crippen LogP contribution in [-0.4, -0.2) is 26.2 Å². The first-order chi connectivity index (χ1) is 6.29. The highest BCUT2D eigenvalue weighted by Crippen LogP contribution is 2.22. The van der Waals surface area contributed by atoms with Crippen LogP contribution in [0.1, 0.15) is 12.8 Å². The fourth-order valence-corrected chi connectivity index (χ4v) is 1.66. The van der Waals surface area contributed by atoms with Crippen LogP contribution in [0.15, 0.2) is 0 Å². The van der Waals surface area contributed by atoms with Crippen molar-refractivity contribution >= 4 is 5.97 Å². The Morgan fingerprint density at radius 1 is 1.62 bits per heavy atom. The second-order valence-electron chi connectivity index (χ2n) is 3.22. The van der Waals surface area contributed by atoms with E-state index in [2.05, 4.69) is 10.1 Å². The third kappa shape index (κ3) is 2.43. The van der Waals surface area contributed by atoms with Gasteiger partial charge in [0.25, 0.3) is 0 Å². The quantitative estimate of drug-likeness (QED) is 0.624. The molecular weight excluding hydrogens is 168 g/mol. The van der Waals surface area contributed by atoms with Crippen molar-refractivity contribution in [3.05, 3.63) is 0 Å². The average molecular weight is 182 g/mol. The van der Waals surface area contributed by atoms with Crippen molar-refractivity contribution in [1.82, 2.24) is 5.32 Å². The third-order valence-corrected chi connectivity index (χ3v) is 2.45. The van der Waals surface area contributed by atoms with Gasteiger partial charge < -0.3 is 10.1 Å². The Kier molecular flexibility index (Phi) is 3.71. The lowest BCUT2D eigenvalue weighted by Gasteiger charge is -2.24. The lowest BCUT2D eigenvalue weighted by molar-refractivity contribution is -0.145. The number of ether oxygens (including phenoxy) is 1. The molecule has 1 rings (SSSR count). The van der Waals surface area contributed by atoms with Gasteiger partial charge in [0.1, 0.15) is 5.92 Å². The van der Waals surface area contributed by atoms with E-state index < -0.39 is 11.9 Å². The molecule has 0 saturated carbocycles. The van der Waals surface area contributed by atoms with Crippen LogP contribution in [0.2, 0.25) is 0 Å². The van der Waals surface area contributed by atoms with Crippen LogP contribution < -0.4 is 5.32 Å². The number of methoxy groups -OCH3 is 1. The minimum atomic E-state index is -0.577. The summed E-state index contributed by atoms with van der Waals surface area (Å²) in [5.41, 5.74) is 0. The van der Waals surface area contributed by atoms with Crippen LogP contribution in [0, 0.1) is 23.2 Å². The van der Waals surface area contributed by atoms with E-state index in [1.54, 1.807) is 0 Å². The number of nitriles is 1. The van der Waals surface area contributed by atoms with Gasteiger partial charge in [-0.2, -0.15) is 5.26 Å². The van der Waals surface area contributed by atoms with Crippen LogP contribution in [-0.2, 0) is 9.53 Å². The maximum absolute atomic E-state index is 11.2. The smallest absolute Gasteiger partial charge is 0.323 e. The average Bonchev–Trinajstić information content (AvgIpc) is 2.20. The summed E-state index contributed by atoms with van der Waals surface area (Å²) in [7, 11) is 1.33. The fraction of sp³-hybridized carbons (Fsp3) is 0.778.